The van der Waals surface area contributed by atoms with E-state index in [0.717, 1.165) is 25.2 Å². The zero-order valence-electron chi connectivity index (χ0n) is 10.8. The van der Waals surface area contributed by atoms with Gasteiger partial charge in [-0.3, -0.25) is 4.79 Å². The van der Waals surface area contributed by atoms with Gasteiger partial charge in [0.15, 0.2) is 17.9 Å². The fourth-order valence-electron chi connectivity index (χ4n) is 1.87. The molecule has 0 aliphatic carbocycles. The molecule has 2 heterocycles. The van der Waals surface area contributed by atoms with Gasteiger partial charge in [-0.15, -0.1) is 0 Å². The molecule has 0 radical (unpaired) electrons. The lowest BCUT2D eigenvalue weighted by molar-refractivity contribution is 0.112. The summed E-state index contributed by atoms with van der Waals surface area (Å²) < 4.78 is 11.1. The Morgan fingerprint density at radius 1 is 1.44 bits per heavy atom. The summed E-state index contributed by atoms with van der Waals surface area (Å²) in [6.07, 6.45) is 2.40. The van der Waals surface area contributed by atoms with Gasteiger partial charge in [-0.1, -0.05) is 0 Å². The van der Waals surface area contributed by atoms with Gasteiger partial charge in [-0.2, -0.15) is 0 Å². The van der Waals surface area contributed by atoms with E-state index in [1.54, 1.807) is 12.3 Å². The fourth-order valence-corrected chi connectivity index (χ4v) is 1.87. The normalized spacial score (nSPS) is 15.8. The molecule has 2 rings (SSSR count). The molecule has 0 atom stereocenters. The second-order valence-electron chi connectivity index (χ2n) is 4.47. The lowest BCUT2D eigenvalue weighted by Crippen LogP contribution is -2.37. The molecule has 0 aromatic carbocycles. The Hall–Kier alpha value is -1.62. The quantitative estimate of drug-likeness (QED) is 0.758. The number of carbonyl (C=O) groups excluding carboxylic acids is 1. The Morgan fingerprint density at radius 3 is 2.78 bits per heavy atom. The third-order valence-corrected chi connectivity index (χ3v) is 2.66. The molecule has 1 fully saturated rings. The molecular weight excluding hydrogens is 232 g/mol. The summed E-state index contributed by atoms with van der Waals surface area (Å²) in [5, 5.41) is 0. The van der Waals surface area contributed by atoms with Crippen molar-refractivity contribution in [2.75, 3.05) is 31.2 Å². The smallest absolute Gasteiger partial charge is 0.171 e. The molecule has 0 bridgehead atoms. The first-order chi connectivity index (χ1) is 8.70. The van der Waals surface area contributed by atoms with Gasteiger partial charge in [0.05, 0.1) is 19.3 Å². The fraction of sp³-hybridized carbons (Fsp3) is 0.538. The topological polar surface area (TPSA) is 51.7 Å². The second kappa shape index (κ2) is 5.82. The van der Waals surface area contributed by atoms with E-state index in [-0.39, 0.29) is 6.10 Å². The average Bonchev–Trinajstić information content (AvgIpc) is 2.39. The number of ether oxygens (including phenoxy) is 2. The van der Waals surface area contributed by atoms with E-state index in [4.69, 9.17) is 9.47 Å². The van der Waals surface area contributed by atoms with E-state index >= 15 is 0 Å². The zero-order valence-corrected chi connectivity index (χ0v) is 10.8. The minimum Gasteiger partial charge on any atom is -0.487 e. The number of hydrogen-bond donors (Lipinski definition) is 0. The molecule has 18 heavy (non-hydrogen) atoms. The van der Waals surface area contributed by atoms with Crippen molar-refractivity contribution in [3.8, 4) is 5.75 Å². The van der Waals surface area contributed by atoms with Crippen molar-refractivity contribution in [3.05, 3.63) is 17.8 Å². The van der Waals surface area contributed by atoms with E-state index in [9.17, 15) is 4.79 Å². The van der Waals surface area contributed by atoms with Gasteiger partial charge >= 0.3 is 0 Å². The van der Waals surface area contributed by atoms with Crippen molar-refractivity contribution in [1.29, 1.82) is 0 Å². The van der Waals surface area contributed by atoms with Crippen LogP contribution in [0.5, 0.6) is 5.75 Å². The average molecular weight is 250 g/mol. The van der Waals surface area contributed by atoms with Crippen LogP contribution in [0.4, 0.5) is 5.82 Å². The molecule has 1 aliphatic rings. The summed E-state index contributed by atoms with van der Waals surface area (Å²) in [4.78, 5) is 17.3. The van der Waals surface area contributed by atoms with E-state index in [0.29, 0.717) is 24.5 Å². The molecule has 0 saturated carbocycles. The first-order valence-electron chi connectivity index (χ1n) is 6.15. The van der Waals surface area contributed by atoms with Gasteiger partial charge < -0.3 is 14.4 Å². The standard InChI is InChI=1S/C13H18N2O3/c1-10(2)18-12-7-11(9-16)8-14-13(12)15-3-5-17-6-4-15/h7-10H,3-6H2,1-2H3. The Bertz CT molecular complexity index is 415. The first kappa shape index (κ1) is 12.8. The highest BCUT2D eigenvalue weighted by Gasteiger charge is 2.18. The van der Waals surface area contributed by atoms with Crippen LogP contribution in [0.2, 0.25) is 0 Å². The van der Waals surface area contributed by atoms with Crippen LogP contribution < -0.4 is 9.64 Å². The maximum atomic E-state index is 10.8. The minimum absolute atomic E-state index is 0.0495. The number of pyridine rings is 1. The third kappa shape index (κ3) is 2.98. The summed E-state index contributed by atoms with van der Waals surface area (Å²) in [7, 11) is 0. The number of aldehydes is 1. The van der Waals surface area contributed by atoms with E-state index in [2.05, 4.69) is 9.88 Å². The van der Waals surface area contributed by atoms with Crippen molar-refractivity contribution in [2.45, 2.75) is 20.0 Å². The predicted octanol–water partition coefficient (Wildman–Crippen LogP) is 1.52. The Balaban J connectivity index is 2.28. The number of carbonyl (C=O) groups is 1. The van der Waals surface area contributed by atoms with Crippen LogP contribution in [0.3, 0.4) is 0 Å². The minimum atomic E-state index is 0.0495. The number of rotatable bonds is 4. The summed E-state index contributed by atoms with van der Waals surface area (Å²) in [6.45, 7) is 6.88. The van der Waals surface area contributed by atoms with Gasteiger partial charge in [0, 0.05) is 24.8 Å². The number of hydrogen-bond acceptors (Lipinski definition) is 5. The molecule has 5 nitrogen and oxygen atoms in total. The Kier molecular flexibility index (Phi) is 4.15. The van der Waals surface area contributed by atoms with Crippen molar-refractivity contribution in [3.63, 3.8) is 0 Å². The molecular formula is C13H18N2O3. The van der Waals surface area contributed by atoms with Gasteiger partial charge in [-0.25, -0.2) is 4.98 Å². The van der Waals surface area contributed by atoms with Crippen LogP contribution in [0.15, 0.2) is 12.3 Å². The van der Waals surface area contributed by atoms with Crippen LogP contribution in [0.25, 0.3) is 0 Å². The third-order valence-electron chi connectivity index (χ3n) is 2.66. The van der Waals surface area contributed by atoms with Crippen molar-refractivity contribution < 1.29 is 14.3 Å². The summed E-state index contributed by atoms with van der Waals surface area (Å²) in [6, 6.07) is 1.74. The molecule has 5 heteroatoms. The molecule has 1 aliphatic heterocycles. The van der Waals surface area contributed by atoms with E-state index in [1.807, 2.05) is 13.8 Å². The van der Waals surface area contributed by atoms with Crippen LogP contribution in [-0.2, 0) is 4.74 Å². The Labute approximate surface area is 107 Å². The Morgan fingerprint density at radius 2 is 2.17 bits per heavy atom. The number of nitrogens with zero attached hydrogens (tertiary/aromatic N) is 2. The van der Waals surface area contributed by atoms with Gasteiger partial charge in [0.2, 0.25) is 0 Å². The highest BCUT2D eigenvalue weighted by molar-refractivity contribution is 5.76. The van der Waals surface area contributed by atoms with Crippen molar-refractivity contribution in [1.82, 2.24) is 4.98 Å². The van der Waals surface area contributed by atoms with Crippen LogP contribution in [-0.4, -0.2) is 43.7 Å². The monoisotopic (exact) mass is 250 g/mol. The molecule has 0 spiro atoms. The van der Waals surface area contributed by atoms with Gasteiger partial charge in [0.25, 0.3) is 0 Å². The van der Waals surface area contributed by atoms with Crippen LogP contribution in [0.1, 0.15) is 24.2 Å². The van der Waals surface area contributed by atoms with Crippen LogP contribution in [0, 0.1) is 0 Å². The number of anilines is 1. The largest absolute Gasteiger partial charge is 0.487 e. The second-order valence-corrected chi connectivity index (χ2v) is 4.47. The molecule has 0 amide bonds. The highest BCUT2D eigenvalue weighted by atomic mass is 16.5. The molecule has 1 aromatic heterocycles. The summed E-state index contributed by atoms with van der Waals surface area (Å²) in [5.74, 6) is 1.45. The highest BCUT2D eigenvalue weighted by Crippen LogP contribution is 2.28. The predicted molar refractivity (Wildman–Crippen MR) is 68.4 cm³/mol. The lowest BCUT2D eigenvalue weighted by Gasteiger charge is -2.29. The van der Waals surface area contributed by atoms with E-state index in [1.165, 1.54) is 0 Å². The molecule has 98 valence electrons. The first-order valence-corrected chi connectivity index (χ1v) is 6.15. The molecule has 1 saturated heterocycles. The SMILES string of the molecule is CC(C)Oc1cc(C=O)cnc1N1CCOCC1. The van der Waals surface area contributed by atoms with Crippen LogP contribution >= 0.6 is 0 Å². The molecule has 0 N–H and O–H groups in total. The maximum Gasteiger partial charge on any atom is 0.171 e. The summed E-state index contributed by atoms with van der Waals surface area (Å²) in [5.41, 5.74) is 0.530. The van der Waals surface area contributed by atoms with Gasteiger partial charge in [0.1, 0.15) is 0 Å². The van der Waals surface area contributed by atoms with Crippen molar-refractivity contribution in [2.24, 2.45) is 0 Å². The zero-order chi connectivity index (χ0) is 13.0. The van der Waals surface area contributed by atoms with Gasteiger partial charge in [-0.05, 0) is 19.9 Å². The molecule has 0 unspecified atom stereocenters. The van der Waals surface area contributed by atoms with E-state index < -0.39 is 0 Å². The van der Waals surface area contributed by atoms with Crippen molar-refractivity contribution >= 4 is 12.1 Å². The summed E-state index contributed by atoms with van der Waals surface area (Å²) >= 11 is 0. The number of morpholine rings is 1. The lowest BCUT2D eigenvalue weighted by atomic mass is 10.2. The number of aromatic nitrogens is 1. The maximum absolute atomic E-state index is 10.8. The molecule has 1 aromatic rings.